The molecular formula is C16H18O. The first kappa shape index (κ1) is 11.9. The number of fused-ring (bicyclic) bond motifs is 1. The molecule has 1 nitrogen and oxygen atoms in total. The van der Waals surface area contributed by atoms with Gasteiger partial charge >= 0.3 is 0 Å². The van der Waals surface area contributed by atoms with Crippen molar-refractivity contribution in [3.05, 3.63) is 34.9 Å². The van der Waals surface area contributed by atoms with Gasteiger partial charge in [0, 0.05) is 22.5 Å². The molecule has 1 unspecified atom stereocenters. The molecule has 1 aromatic rings. The van der Waals surface area contributed by atoms with E-state index in [9.17, 15) is 4.79 Å². The third-order valence-corrected chi connectivity index (χ3v) is 2.94. The SMILES string of the molecule is CC1Cc2cccc(C#CC(C)(C)C)c2C1=O. The summed E-state index contributed by atoms with van der Waals surface area (Å²) in [6.07, 6.45) is 0.860. The van der Waals surface area contributed by atoms with Gasteiger partial charge in [-0.15, -0.1) is 0 Å². The topological polar surface area (TPSA) is 17.1 Å². The lowest BCUT2D eigenvalue weighted by molar-refractivity contribution is 0.0946. The molecule has 0 fully saturated rings. The van der Waals surface area contributed by atoms with Gasteiger partial charge in [0.1, 0.15) is 0 Å². The van der Waals surface area contributed by atoms with Crippen molar-refractivity contribution in [3.63, 3.8) is 0 Å². The van der Waals surface area contributed by atoms with Gasteiger partial charge in [0.25, 0.3) is 0 Å². The second-order valence-electron chi connectivity index (χ2n) is 5.81. The Balaban J connectivity index is 2.48. The highest BCUT2D eigenvalue weighted by molar-refractivity contribution is 6.04. The van der Waals surface area contributed by atoms with Gasteiger partial charge in [-0.3, -0.25) is 4.79 Å². The number of carbonyl (C=O) groups is 1. The van der Waals surface area contributed by atoms with Gasteiger partial charge in [0.15, 0.2) is 5.78 Å². The highest BCUT2D eigenvalue weighted by Gasteiger charge is 2.28. The molecule has 1 atom stereocenters. The summed E-state index contributed by atoms with van der Waals surface area (Å²) in [6, 6.07) is 5.99. The Hall–Kier alpha value is -1.55. The van der Waals surface area contributed by atoms with Gasteiger partial charge in [-0.1, -0.05) is 30.9 Å². The first-order valence-corrected chi connectivity index (χ1v) is 6.08. The van der Waals surface area contributed by atoms with E-state index in [2.05, 4.69) is 32.6 Å². The molecule has 0 spiro atoms. The molecule has 0 saturated heterocycles. The fraction of sp³-hybridized carbons (Fsp3) is 0.438. The van der Waals surface area contributed by atoms with Gasteiger partial charge in [0.05, 0.1) is 0 Å². The van der Waals surface area contributed by atoms with E-state index >= 15 is 0 Å². The maximum absolute atomic E-state index is 12.1. The van der Waals surface area contributed by atoms with Crippen molar-refractivity contribution in [1.29, 1.82) is 0 Å². The highest BCUT2D eigenvalue weighted by Crippen LogP contribution is 2.29. The van der Waals surface area contributed by atoms with E-state index < -0.39 is 0 Å². The molecule has 0 aliphatic heterocycles. The number of hydrogen-bond donors (Lipinski definition) is 0. The molecule has 0 amide bonds. The Morgan fingerprint density at radius 1 is 1.29 bits per heavy atom. The number of ketones is 1. The maximum atomic E-state index is 12.1. The molecule has 17 heavy (non-hydrogen) atoms. The van der Waals surface area contributed by atoms with Gasteiger partial charge in [-0.05, 0) is 38.8 Å². The van der Waals surface area contributed by atoms with Gasteiger partial charge in [-0.2, -0.15) is 0 Å². The Kier molecular flexibility index (Phi) is 2.83. The van der Waals surface area contributed by atoms with Crippen LogP contribution >= 0.6 is 0 Å². The zero-order chi connectivity index (χ0) is 12.6. The monoisotopic (exact) mass is 226 g/mol. The molecule has 0 saturated carbocycles. The average Bonchev–Trinajstić information content (AvgIpc) is 2.52. The molecule has 0 radical (unpaired) electrons. The van der Waals surface area contributed by atoms with Crippen LogP contribution < -0.4 is 0 Å². The van der Waals surface area contributed by atoms with Crippen LogP contribution in [-0.4, -0.2) is 5.78 Å². The first-order chi connectivity index (χ1) is 7.88. The van der Waals surface area contributed by atoms with E-state index in [0.717, 1.165) is 23.1 Å². The fourth-order valence-corrected chi connectivity index (χ4v) is 2.09. The third-order valence-electron chi connectivity index (χ3n) is 2.94. The number of Topliss-reactive ketones (excluding diaryl/α,β-unsaturated/α-hetero) is 1. The standard InChI is InChI=1S/C16H18O/c1-11-10-13-7-5-6-12(14(13)15(11)17)8-9-16(2,3)4/h5-7,11H,10H2,1-4H3. The predicted octanol–water partition coefficient (Wildman–Crippen LogP) is 3.46. The number of rotatable bonds is 0. The summed E-state index contributed by atoms with van der Waals surface area (Å²) in [5.74, 6) is 6.73. The lowest BCUT2D eigenvalue weighted by atomic mass is 9.96. The molecule has 1 aliphatic carbocycles. The zero-order valence-electron chi connectivity index (χ0n) is 10.9. The Bertz CT molecular complexity index is 521. The molecule has 88 valence electrons. The number of benzene rings is 1. The molecular weight excluding hydrogens is 208 g/mol. The Morgan fingerprint density at radius 3 is 2.65 bits per heavy atom. The van der Waals surface area contributed by atoms with Crippen molar-refractivity contribution in [2.45, 2.75) is 34.1 Å². The van der Waals surface area contributed by atoms with Gasteiger partial charge < -0.3 is 0 Å². The summed E-state index contributed by atoms with van der Waals surface area (Å²) in [4.78, 5) is 12.1. The van der Waals surface area contributed by atoms with Crippen LogP contribution in [0.5, 0.6) is 0 Å². The summed E-state index contributed by atoms with van der Waals surface area (Å²) in [5, 5.41) is 0. The summed E-state index contributed by atoms with van der Waals surface area (Å²) in [5.41, 5.74) is 2.88. The van der Waals surface area contributed by atoms with Crippen LogP contribution in [-0.2, 0) is 6.42 Å². The number of carbonyl (C=O) groups excluding carboxylic acids is 1. The van der Waals surface area contributed by atoms with E-state index in [0.29, 0.717) is 0 Å². The van der Waals surface area contributed by atoms with Crippen LogP contribution in [0.4, 0.5) is 0 Å². The largest absolute Gasteiger partial charge is 0.294 e. The normalized spacial score (nSPS) is 18.6. The van der Waals surface area contributed by atoms with Crippen molar-refractivity contribution in [3.8, 4) is 11.8 Å². The third kappa shape index (κ3) is 2.42. The minimum Gasteiger partial charge on any atom is -0.294 e. The molecule has 1 aliphatic rings. The van der Waals surface area contributed by atoms with Crippen LogP contribution in [0.3, 0.4) is 0 Å². The van der Waals surface area contributed by atoms with Crippen molar-refractivity contribution in [1.82, 2.24) is 0 Å². The molecule has 1 heteroatoms. The minimum atomic E-state index is -0.0318. The molecule has 0 aromatic heterocycles. The van der Waals surface area contributed by atoms with E-state index in [-0.39, 0.29) is 17.1 Å². The fourth-order valence-electron chi connectivity index (χ4n) is 2.09. The van der Waals surface area contributed by atoms with Crippen LogP contribution in [0.25, 0.3) is 0 Å². The lowest BCUT2D eigenvalue weighted by Crippen LogP contribution is -2.05. The van der Waals surface area contributed by atoms with Gasteiger partial charge in [0.2, 0.25) is 0 Å². The quantitative estimate of drug-likeness (QED) is 0.619. The van der Waals surface area contributed by atoms with E-state index in [1.807, 2.05) is 25.1 Å². The summed E-state index contributed by atoms with van der Waals surface area (Å²) < 4.78 is 0. The molecule has 2 rings (SSSR count). The molecule has 0 heterocycles. The Labute approximate surface area is 103 Å². The zero-order valence-corrected chi connectivity index (χ0v) is 10.9. The molecule has 1 aromatic carbocycles. The van der Waals surface area contributed by atoms with Crippen molar-refractivity contribution in [2.24, 2.45) is 11.3 Å². The molecule has 0 N–H and O–H groups in total. The number of hydrogen-bond acceptors (Lipinski definition) is 1. The summed E-state index contributed by atoms with van der Waals surface area (Å²) >= 11 is 0. The summed E-state index contributed by atoms with van der Waals surface area (Å²) in [6.45, 7) is 8.22. The van der Waals surface area contributed by atoms with Crippen molar-refractivity contribution in [2.75, 3.05) is 0 Å². The van der Waals surface area contributed by atoms with Crippen molar-refractivity contribution < 1.29 is 4.79 Å². The first-order valence-electron chi connectivity index (χ1n) is 6.08. The molecule has 0 bridgehead atoms. The second kappa shape index (κ2) is 4.04. The minimum absolute atomic E-state index is 0.0318. The lowest BCUT2D eigenvalue weighted by Gasteiger charge is -2.07. The van der Waals surface area contributed by atoms with E-state index in [1.165, 1.54) is 0 Å². The van der Waals surface area contributed by atoms with E-state index in [4.69, 9.17) is 0 Å². The summed E-state index contributed by atoms with van der Waals surface area (Å²) in [7, 11) is 0. The van der Waals surface area contributed by atoms with Crippen LogP contribution in [0.1, 0.15) is 49.2 Å². The van der Waals surface area contributed by atoms with E-state index in [1.54, 1.807) is 0 Å². The second-order valence-corrected chi connectivity index (χ2v) is 5.81. The maximum Gasteiger partial charge on any atom is 0.167 e. The smallest absolute Gasteiger partial charge is 0.167 e. The van der Waals surface area contributed by atoms with Crippen molar-refractivity contribution >= 4 is 5.78 Å². The Morgan fingerprint density at radius 2 is 2.00 bits per heavy atom. The predicted molar refractivity (Wildman–Crippen MR) is 70.0 cm³/mol. The van der Waals surface area contributed by atoms with Crippen LogP contribution in [0, 0.1) is 23.2 Å². The van der Waals surface area contributed by atoms with Gasteiger partial charge in [-0.25, -0.2) is 0 Å². The highest BCUT2D eigenvalue weighted by atomic mass is 16.1. The average molecular weight is 226 g/mol. The van der Waals surface area contributed by atoms with Crippen LogP contribution in [0.15, 0.2) is 18.2 Å². The van der Waals surface area contributed by atoms with Crippen LogP contribution in [0.2, 0.25) is 0 Å².